The predicted molar refractivity (Wildman–Crippen MR) is 86.8 cm³/mol. The molecular formula is C19H26O2. The van der Waals surface area contributed by atoms with Gasteiger partial charge < -0.3 is 5.11 Å². The molecule has 2 heteroatoms. The van der Waals surface area contributed by atoms with Crippen molar-refractivity contribution in [2.75, 3.05) is 0 Å². The van der Waals surface area contributed by atoms with Crippen LogP contribution in [0.2, 0.25) is 0 Å². The van der Waals surface area contributed by atoms with Gasteiger partial charge in [0.1, 0.15) is 0 Å². The van der Waals surface area contributed by atoms with Crippen molar-refractivity contribution in [3.63, 3.8) is 0 Å². The van der Waals surface area contributed by atoms with Gasteiger partial charge in [-0.3, -0.25) is 0 Å². The molecule has 0 saturated heterocycles. The maximum atomic E-state index is 10.9. The van der Waals surface area contributed by atoms with Crippen LogP contribution in [0.4, 0.5) is 0 Å². The number of aromatic carboxylic acids is 1. The quantitative estimate of drug-likeness (QED) is 0.561. The number of hydrogen-bond acceptors (Lipinski definition) is 1. The lowest BCUT2D eigenvalue weighted by atomic mass is 9.78. The largest absolute Gasteiger partial charge is 0.478 e. The second-order valence-corrected chi connectivity index (χ2v) is 6.11. The van der Waals surface area contributed by atoms with Gasteiger partial charge in [-0.2, -0.15) is 0 Å². The Bertz CT molecular complexity index is 465. The van der Waals surface area contributed by atoms with E-state index in [1.807, 2.05) is 12.1 Å². The van der Waals surface area contributed by atoms with Crippen LogP contribution in [0.15, 0.2) is 36.4 Å². The van der Waals surface area contributed by atoms with Gasteiger partial charge in [-0.1, -0.05) is 44.1 Å². The van der Waals surface area contributed by atoms with E-state index in [9.17, 15) is 4.79 Å². The molecule has 1 aromatic rings. The third-order valence-corrected chi connectivity index (χ3v) is 4.53. The normalized spacial score (nSPS) is 22.5. The van der Waals surface area contributed by atoms with Crippen LogP contribution in [0.1, 0.15) is 73.7 Å². The van der Waals surface area contributed by atoms with Gasteiger partial charge in [0.05, 0.1) is 5.56 Å². The molecular weight excluding hydrogens is 260 g/mol. The molecule has 0 unspecified atom stereocenters. The summed E-state index contributed by atoms with van der Waals surface area (Å²) in [5, 5.41) is 8.93. The summed E-state index contributed by atoms with van der Waals surface area (Å²) in [5.41, 5.74) is 1.68. The summed E-state index contributed by atoms with van der Waals surface area (Å²) in [6.07, 6.45) is 13.5. The van der Waals surface area contributed by atoms with E-state index >= 15 is 0 Å². The lowest BCUT2D eigenvalue weighted by molar-refractivity contribution is 0.0697. The molecule has 1 fully saturated rings. The summed E-state index contributed by atoms with van der Waals surface area (Å²) in [6, 6.07) is 7.44. The van der Waals surface area contributed by atoms with Gasteiger partial charge >= 0.3 is 5.97 Å². The molecule has 0 amide bonds. The fourth-order valence-electron chi connectivity index (χ4n) is 3.15. The van der Waals surface area contributed by atoms with Gasteiger partial charge in [-0.05, 0) is 61.6 Å². The Morgan fingerprint density at radius 1 is 1.19 bits per heavy atom. The molecule has 1 aromatic carbocycles. The number of carboxylic acid groups (broad SMARTS) is 1. The molecule has 0 heterocycles. The first-order valence-corrected chi connectivity index (χ1v) is 8.20. The van der Waals surface area contributed by atoms with E-state index in [0.717, 1.165) is 5.92 Å². The topological polar surface area (TPSA) is 37.3 Å². The summed E-state index contributed by atoms with van der Waals surface area (Å²) in [7, 11) is 0. The van der Waals surface area contributed by atoms with E-state index < -0.39 is 5.97 Å². The van der Waals surface area contributed by atoms with Crippen molar-refractivity contribution in [1.82, 2.24) is 0 Å². The van der Waals surface area contributed by atoms with Gasteiger partial charge in [0.15, 0.2) is 0 Å². The van der Waals surface area contributed by atoms with Crippen molar-refractivity contribution >= 4 is 5.97 Å². The van der Waals surface area contributed by atoms with Gasteiger partial charge in [0, 0.05) is 0 Å². The number of carboxylic acids is 1. The molecule has 1 aliphatic rings. The van der Waals surface area contributed by atoms with E-state index in [0.29, 0.717) is 11.5 Å². The van der Waals surface area contributed by atoms with Crippen LogP contribution in [0.3, 0.4) is 0 Å². The second-order valence-electron chi connectivity index (χ2n) is 6.11. The Hall–Kier alpha value is -1.57. The van der Waals surface area contributed by atoms with E-state index in [2.05, 4.69) is 19.1 Å². The minimum absolute atomic E-state index is 0.381. The van der Waals surface area contributed by atoms with Gasteiger partial charge in [0.25, 0.3) is 0 Å². The molecule has 0 aliphatic heterocycles. The molecule has 21 heavy (non-hydrogen) atoms. The summed E-state index contributed by atoms with van der Waals surface area (Å²) in [5.74, 6) is 0.506. The standard InChI is InChI=1S/C19H26O2/c1-2-3-4-5-6-15-7-9-16(10-8-15)17-11-13-18(14-12-17)19(20)21/h5-6,11-16H,2-4,7-10H2,1H3,(H,20,21)/b6-5+/t15-,16-. The third kappa shape index (κ3) is 4.73. The molecule has 1 aliphatic carbocycles. The molecule has 0 spiro atoms. The van der Waals surface area contributed by atoms with Crippen LogP contribution in [-0.2, 0) is 0 Å². The summed E-state index contributed by atoms with van der Waals surface area (Å²) in [6.45, 7) is 2.23. The molecule has 114 valence electrons. The Morgan fingerprint density at radius 2 is 1.86 bits per heavy atom. The van der Waals surface area contributed by atoms with Crippen LogP contribution in [0, 0.1) is 5.92 Å². The first-order valence-electron chi connectivity index (χ1n) is 8.20. The zero-order chi connectivity index (χ0) is 15.1. The van der Waals surface area contributed by atoms with Crippen molar-refractivity contribution < 1.29 is 9.90 Å². The van der Waals surface area contributed by atoms with E-state index in [4.69, 9.17) is 5.11 Å². The van der Waals surface area contributed by atoms with E-state index in [1.54, 1.807) is 12.1 Å². The van der Waals surface area contributed by atoms with Crippen LogP contribution in [0.5, 0.6) is 0 Å². The summed E-state index contributed by atoms with van der Waals surface area (Å²) < 4.78 is 0. The molecule has 0 radical (unpaired) electrons. The van der Waals surface area contributed by atoms with Gasteiger partial charge in [0.2, 0.25) is 0 Å². The third-order valence-electron chi connectivity index (χ3n) is 4.53. The van der Waals surface area contributed by atoms with Crippen molar-refractivity contribution in [1.29, 1.82) is 0 Å². The van der Waals surface area contributed by atoms with Crippen molar-refractivity contribution in [3.8, 4) is 0 Å². The molecule has 0 bridgehead atoms. The lowest BCUT2D eigenvalue weighted by Crippen LogP contribution is -2.12. The number of carbonyl (C=O) groups is 1. The highest BCUT2D eigenvalue weighted by Gasteiger charge is 2.20. The highest BCUT2D eigenvalue weighted by molar-refractivity contribution is 5.87. The van der Waals surface area contributed by atoms with Crippen LogP contribution < -0.4 is 0 Å². The predicted octanol–water partition coefficient (Wildman–Crippen LogP) is 5.41. The smallest absolute Gasteiger partial charge is 0.335 e. The Balaban J connectivity index is 1.83. The van der Waals surface area contributed by atoms with Crippen LogP contribution in [0.25, 0.3) is 0 Å². The fourth-order valence-corrected chi connectivity index (χ4v) is 3.15. The maximum absolute atomic E-state index is 10.9. The number of unbranched alkanes of at least 4 members (excludes halogenated alkanes) is 2. The Kier molecular flexibility index (Phi) is 6.04. The van der Waals surface area contributed by atoms with Crippen LogP contribution in [-0.4, -0.2) is 11.1 Å². The SMILES string of the molecule is CCCC/C=C/[C@H]1CC[C@H](c2ccc(C(=O)O)cc2)CC1. The van der Waals surface area contributed by atoms with E-state index in [1.165, 1.54) is 50.5 Å². The molecule has 2 nitrogen and oxygen atoms in total. The lowest BCUT2D eigenvalue weighted by Gasteiger charge is -2.27. The Labute approximate surface area is 127 Å². The zero-order valence-corrected chi connectivity index (χ0v) is 12.9. The Morgan fingerprint density at radius 3 is 2.43 bits per heavy atom. The highest BCUT2D eigenvalue weighted by Crippen LogP contribution is 2.36. The van der Waals surface area contributed by atoms with Gasteiger partial charge in [-0.15, -0.1) is 0 Å². The first-order chi connectivity index (χ1) is 10.2. The highest BCUT2D eigenvalue weighted by atomic mass is 16.4. The van der Waals surface area contributed by atoms with Crippen molar-refractivity contribution in [2.24, 2.45) is 5.92 Å². The summed E-state index contributed by atoms with van der Waals surface area (Å²) in [4.78, 5) is 10.9. The second kappa shape index (κ2) is 8.02. The number of hydrogen-bond donors (Lipinski definition) is 1. The number of benzene rings is 1. The average Bonchev–Trinajstić information content (AvgIpc) is 2.52. The molecule has 0 aromatic heterocycles. The van der Waals surface area contributed by atoms with E-state index in [-0.39, 0.29) is 0 Å². The zero-order valence-electron chi connectivity index (χ0n) is 12.9. The molecule has 0 atom stereocenters. The number of allylic oxidation sites excluding steroid dienone is 2. The minimum atomic E-state index is -0.845. The average molecular weight is 286 g/mol. The maximum Gasteiger partial charge on any atom is 0.335 e. The minimum Gasteiger partial charge on any atom is -0.478 e. The first kappa shape index (κ1) is 15.8. The van der Waals surface area contributed by atoms with Crippen LogP contribution >= 0.6 is 0 Å². The molecule has 1 N–H and O–H groups in total. The van der Waals surface area contributed by atoms with Gasteiger partial charge in [-0.25, -0.2) is 4.79 Å². The number of rotatable bonds is 6. The summed E-state index contributed by atoms with van der Waals surface area (Å²) >= 11 is 0. The fraction of sp³-hybridized carbons (Fsp3) is 0.526. The molecule has 2 rings (SSSR count). The van der Waals surface area contributed by atoms with Crippen molar-refractivity contribution in [3.05, 3.63) is 47.5 Å². The monoisotopic (exact) mass is 286 g/mol. The van der Waals surface area contributed by atoms with Crippen molar-refractivity contribution in [2.45, 2.75) is 57.8 Å². The molecule has 1 saturated carbocycles.